The number of likely N-dealkylation sites (N-methyl/N-ethyl adjacent to an activating group) is 2. The van der Waals surface area contributed by atoms with E-state index in [2.05, 4.69) is 17.1 Å². The molecule has 92 valence electrons. The Morgan fingerprint density at radius 1 is 1.50 bits per heavy atom. The molecule has 2 unspecified atom stereocenters. The fourth-order valence-electron chi connectivity index (χ4n) is 2.96. The van der Waals surface area contributed by atoms with Gasteiger partial charge in [0.05, 0.1) is 6.04 Å². The van der Waals surface area contributed by atoms with E-state index in [1.807, 2.05) is 11.9 Å². The number of nitrogens with zero attached hydrogens (tertiary/aromatic N) is 2. The third-order valence-corrected chi connectivity index (χ3v) is 3.90. The van der Waals surface area contributed by atoms with Crippen LogP contribution in [-0.4, -0.2) is 61.0 Å². The van der Waals surface area contributed by atoms with Gasteiger partial charge < -0.3 is 10.2 Å². The van der Waals surface area contributed by atoms with Gasteiger partial charge in [-0.25, -0.2) is 0 Å². The molecule has 1 N–H and O–H groups in total. The summed E-state index contributed by atoms with van der Waals surface area (Å²) in [5, 5.41) is 3.43. The molecule has 2 aliphatic rings. The second kappa shape index (κ2) is 5.15. The fraction of sp³-hybridized carbons (Fsp3) is 0.917. The summed E-state index contributed by atoms with van der Waals surface area (Å²) >= 11 is 0. The van der Waals surface area contributed by atoms with Gasteiger partial charge in [-0.2, -0.15) is 0 Å². The number of hydrogen-bond donors (Lipinski definition) is 1. The molecule has 0 saturated carbocycles. The first-order valence-corrected chi connectivity index (χ1v) is 6.45. The van der Waals surface area contributed by atoms with E-state index in [1.54, 1.807) is 0 Å². The molecule has 0 bridgehead atoms. The average molecular weight is 225 g/mol. The number of carbonyl (C=O) groups is 1. The molecule has 0 aromatic rings. The molecule has 0 aliphatic carbocycles. The van der Waals surface area contributed by atoms with Gasteiger partial charge in [-0.15, -0.1) is 0 Å². The van der Waals surface area contributed by atoms with E-state index in [0.717, 1.165) is 32.6 Å². The van der Waals surface area contributed by atoms with Gasteiger partial charge in [0.15, 0.2) is 0 Å². The van der Waals surface area contributed by atoms with Gasteiger partial charge in [0.2, 0.25) is 5.91 Å². The summed E-state index contributed by atoms with van der Waals surface area (Å²) in [4.78, 5) is 16.3. The molecule has 16 heavy (non-hydrogen) atoms. The van der Waals surface area contributed by atoms with Crippen LogP contribution in [0.15, 0.2) is 0 Å². The summed E-state index contributed by atoms with van der Waals surface area (Å²) in [6.45, 7) is 6.24. The number of piperidine rings is 1. The van der Waals surface area contributed by atoms with Gasteiger partial charge in [-0.05, 0) is 32.4 Å². The summed E-state index contributed by atoms with van der Waals surface area (Å²) in [6, 6.07) is 0.694. The molecule has 2 atom stereocenters. The fourth-order valence-corrected chi connectivity index (χ4v) is 2.96. The van der Waals surface area contributed by atoms with E-state index in [0.29, 0.717) is 11.9 Å². The maximum atomic E-state index is 12.0. The molecular formula is C12H23N3O. The zero-order valence-corrected chi connectivity index (χ0v) is 10.4. The summed E-state index contributed by atoms with van der Waals surface area (Å²) in [5.74, 6) is 0.312. The predicted molar refractivity (Wildman–Crippen MR) is 64.3 cm³/mol. The van der Waals surface area contributed by atoms with Crippen molar-refractivity contribution in [3.63, 3.8) is 0 Å². The minimum Gasteiger partial charge on any atom is -0.344 e. The van der Waals surface area contributed by atoms with Gasteiger partial charge in [0.1, 0.15) is 0 Å². The molecule has 0 spiro atoms. The third-order valence-electron chi connectivity index (χ3n) is 3.90. The predicted octanol–water partition coefficient (Wildman–Crippen LogP) is 0.291. The summed E-state index contributed by atoms with van der Waals surface area (Å²) in [7, 11) is 1.91. The van der Waals surface area contributed by atoms with E-state index in [-0.39, 0.29) is 6.04 Å². The summed E-state index contributed by atoms with van der Waals surface area (Å²) < 4.78 is 0. The monoisotopic (exact) mass is 225 g/mol. The number of rotatable bonds is 3. The van der Waals surface area contributed by atoms with Crippen LogP contribution in [0.1, 0.15) is 26.2 Å². The minimum atomic E-state index is 0.139. The van der Waals surface area contributed by atoms with E-state index in [9.17, 15) is 4.79 Å². The molecule has 2 saturated heterocycles. The van der Waals surface area contributed by atoms with Crippen molar-refractivity contribution in [2.45, 2.75) is 38.3 Å². The van der Waals surface area contributed by atoms with Crippen molar-refractivity contribution in [3.8, 4) is 0 Å². The highest BCUT2D eigenvalue weighted by atomic mass is 16.2. The van der Waals surface area contributed by atoms with Gasteiger partial charge in [-0.3, -0.25) is 9.69 Å². The second-order valence-electron chi connectivity index (χ2n) is 4.89. The highest BCUT2D eigenvalue weighted by molar-refractivity contribution is 5.83. The Morgan fingerprint density at radius 2 is 2.31 bits per heavy atom. The average Bonchev–Trinajstić information content (AvgIpc) is 2.64. The topological polar surface area (TPSA) is 35.6 Å². The van der Waals surface area contributed by atoms with E-state index < -0.39 is 0 Å². The molecule has 1 amide bonds. The number of likely N-dealkylation sites (tertiary alicyclic amines) is 1. The molecule has 4 heteroatoms. The maximum Gasteiger partial charge on any atom is 0.239 e. The van der Waals surface area contributed by atoms with Crippen LogP contribution in [-0.2, 0) is 4.79 Å². The highest BCUT2D eigenvalue weighted by Crippen LogP contribution is 2.21. The summed E-state index contributed by atoms with van der Waals surface area (Å²) in [6.07, 6.45) is 3.46. The molecule has 4 nitrogen and oxygen atoms in total. The minimum absolute atomic E-state index is 0.139. The van der Waals surface area contributed by atoms with Crippen LogP contribution in [0, 0.1) is 0 Å². The van der Waals surface area contributed by atoms with Crippen molar-refractivity contribution in [2.75, 3.05) is 33.2 Å². The van der Waals surface area contributed by atoms with Crippen molar-refractivity contribution < 1.29 is 4.79 Å². The zero-order chi connectivity index (χ0) is 11.5. The molecule has 2 rings (SSSR count). The Bertz CT molecular complexity index is 251. The van der Waals surface area contributed by atoms with Gasteiger partial charge in [-0.1, -0.05) is 6.92 Å². The normalized spacial score (nSPS) is 31.4. The molecule has 2 fully saturated rings. The van der Waals surface area contributed by atoms with Crippen molar-refractivity contribution in [3.05, 3.63) is 0 Å². The quantitative estimate of drug-likeness (QED) is 0.750. The Hall–Kier alpha value is -0.610. The van der Waals surface area contributed by atoms with Gasteiger partial charge >= 0.3 is 0 Å². The Balaban J connectivity index is 2.01. The van der Waals surface area contributed by atoms with Crippen LogP contribution in [0.5, 0.6) is 0 Å². The molecule has 2 heterocycles. The van der Waals surface area contributed by atoms with E-state index in [4.69, 9.17) is 0 Å². The largest absolute Gasteiger partial charge is 0.344 e. The summed E-state index contributed by atoms with van der Waals surface area (Å²) in [5.41, 5.74) is 0. The Kier molecular flexibility index (Phi) is 3.82. The van der Waals surface area contributed by atoms with Crippen molar-refractivity contribution >= 4 is 5.91 Å². The number of hydrogen-bond acceptors (Lipinski definition) is 3. The SMILES string of the molecule is CCN(C1CCCNC1)C1CCN(C)C1=O. The lowest BCUT2D eigenvalue weighted by molar-refractivity contribution is -0.131. The van der Waals surface area contributed by atoms with Crippen molar-refractivity contribution in [2.24, 2.45) is 0 Å². The van der Waals surface area contributed by atoms with Gasteiger partial charge in [0, 0.05) is 26.2 Å². The standard InChI is InChI=1S/C12H23N3O/c1-3-15(10-5-4-7-13-9-10)11-6-8-14(2)12(11)16/h10-11,13H,3-9H2,1-2H3. The van der Waals surface area contributed by atoms with Crippen molar-refractivity contribution in [1.29, 1.82) is 0 Å². The van der Waals surface area contributed by atoms with Crippen LogP contribution >= 0.6 is 0 Å². The lowest BCUT2D eigenvalue weighted by Crippen LogP contribution is -2.52. The zero-order valence-electron chi connectivity index (χ0n) is 10.4. The number of carbonyl (C=O) groups excluding carboxylic acids is 1. The molecule has 2 aliphatic heterocycles. The smallest absolute Gasteiger partial charge is 0.239 e. The van der Waals surface area contributed by atoms with Crippen molar-refractivity contribution in [1.82, 2.24) is 15.1 Å². The third kappa shape index (κ3) is 2.23. The number of nitrogens with one attached hydrogen (secondary N) is 1. The van der Waals surface area contributed by atoms with E-state index in [1.165, 1.54) is 12.8 Å². The second-order valence-corrected chi connectivity index (χ2v) is 4.89. The molecule has 0 radical (unpaired) electrons. The van der Waals surface area contributed by atoms with Crippen LogP contribution < -0.4 is 5.32 Å². The lowest BCUT2D eigenvalue weighted by Gasteiger charge is -2.37. The first kappa shape index (κ1) is 11.9. The lowest BCUT2D eigenvalue weighted by atomic mass is 10.0. The molecule has 0 aromatic carbocycles. The Morgan fingerprint density at radius 3 is 2.81 bits per heavy atom. The van der Waals surface area contributed by atoms with Gasteiger partial charge in [0.25, 0.3) is 0 Å². The number of amides is 1. The van der Waals surface area contributed by atoms with Crippen LogP contribution in [0.25, 0.3) is 0 Å². The first-order valence-electron chi connectivity index (χ1n) is 6.45. The van der Waals surface area contributed by atoms with Crippen LogP contribution in [0.2, 0.25) is 0 Å². The van der Waals surface area contributed by atoms with Crippen LogP contribution in [0.3, 0.4) is 0 Å². The maximum absolute atomic E-state index is 12.0. The first-order chi connectivity index (χ1) is 7.74. The van der Waals surface area contributed by atoms with E-state index >= 15 is 0 Å². The highest BCUT2D eigenvalue weighted by Gasteiger charge is 2.36. The molecule has 0 aromatic heterocycles. The van der Waals surface area contributed by atoms with Crippen LogP contribution in [0.4, 0.5) is 0 Å². The Labute approximate surface area is 98.0 Å². The molecular weight excluding hydrogens is 202 g/mol.